The molecule has 0 unspecified atom stereocenters. The second kappa shape index (κ2) is 7.72. The fourth-order valence-corrected chi connectivity index (χ4v) is 2.91. The molecule has 0 radical (unpaired) electrons. The molecule has 0 bridgehead atoms. The summed E-state index contributed by atoms with van der Waals surface area (Å²) in [7, 11) is 0. The quantitative estimate of drug-likeness (QED) is 0.849. The molecule has 1 aromatic heterocycles. The first-order valence-electron chi connectivity index (χ1n) is 8.49. The number of carbonyl (C=O) groups is 1. The SMILES string of the molecule is O=C(NC1CCCCC1)c1cnc(Nc2ccc(C(F)(F)F)cc2)cn1. The molecule has 1 amide bonds. The number of halogens is 3. The van der Waals surface area contributed by atoms with Crippen LogP contribution in [0.4, 0.5) is 24.7 Å². The molecule has 1 saturated carbocycles. The predicted molar refractivity (Wildman–Crippen MR) is 91.1 cm³/mol. The monoisotopic (exact) mass is 364 g/mol. The molecule has 1 heterocycles. The topological polar surface area (TPSA) is 66.9 Å². The summed E-state index contributed by atoms with van der Waals surface area (Å²) in [6.45, 7) is 0. The van der Waals surface area contributed by atoms with Gasteiger partial charge in [-0.15, -0.1) is 0 Å². The number of carbonyl (C=O) groups excluding carboxylic acids is 1. The Kier molecular flexibility index (Phi) is 5.39. The molecule has 0 aliphatic heterocycles. The van der Waals surface area contributed by atoms with Gasteiger partial charge in [0.1, 0.15) is 11.5 Å². The maximum absolute atomic E-state index is 12.6. The summed E-state index contributed by atoms with van der Waals surface area (Å²) in [6.07, 6.45) is 3.76. The van der Waals surface area contributed by atoms with E-state index in [-0.39, 0.29) is 17.6 Å². The highest BCUT2D eigenvalue weighted by molar-refractivity contribution is 5.92. The zero-order valence-corrected chi connectivity index (χ0v) is 14.0. The Labute approximate surface area is 149 Å². The first-order valence-corrected chi connectivity index (χ1v) is 8.49. The van der Waals surface area contributed by atoms with Crippen LogP contribution in [0.2, 0.25) is 0 Å². The number of nitrogens with one attached hydrogen (secondary N) is 2. The Morgan fingerprint density at radius 2 is 1.69 bits per heavy atom. The maximum atomic E-state index is 12.6. The summed E-state index contributed by atoms with van der Waals surface area (Å²) >= 11 is 0. The van der Waals surface area contributed by atoms with Crippen molar-refractivity contribution >= 4 is 17.4 Å². The number of alkyl halides is 3. The highest BCUT2D eigenvalue weighted by atomic mass is 19.4. The molecule has 5 nitrogen and oxygen atoms in total. The van der Waals surface area contributed by atoms with Crippen molar-refractivity contribution in [3.8, 4) is 0 Å². The largest absolute Gasteiger partial charge is 0.416 e. The lowest BCUT2D eigenvalue weighted by molar-refractivity contribution is -0.137. The van der Waals surface area contributed by atoms with Gasteiger partial charge >= 0.3 is 6.18 Å². The third-order valence-corrected chi connectivity index (χ3v) is 4.31. The first kappa shape index (κ1) is 18.2. The molecular weight excluding hydrogens is 345 g/mol. The average Bonchev–Trinajstić information content (AvgIpc) is 2.63. The van der Waals surface area contributed by atoms with Crippen LogP contribution in [0.25, 0.3) is 0 Å². The van der Waals surface area contributed by atoms with E-state index in [0.717, 1.165) is 37.8 Å². The molecule has 26 heavy (non-hydrogen) atoms. The van der Waals surface area contributed by atoms with Crippen LogP contribution in [0.3, 0.4) is 0 Å². The molecule has 1 aromatic carbocycles. The molecule has 1 aliphatic carbocycles. The van der Waals surface area contributed by atoms with Crippen LogP contribution in [0.15, 0.2) is 36.7 Å². The molecule has 0 spiro atoms. The minimum atomic E-state index is -4.37. The molecule has 0 saturated heterocycles. The second-order valence-corrected chi connectivity index (χ2v) is 6.30. The molecule has 2 aromatic rings. The van der Waals surface area contributed by atoms with Crippen LogP contribution in [-0.4, -0.2) is 21.9 Å². The van der Waals surface area contributed by atoms with Gasteiger partial charge in [-0.25, -0.2) is 9.97 Å². The lowest BCUT2D eigenvalue weighted by Gasteiger charge is -2.22. The summed E-state index contributed by atoms with van der Waals surface area (Å²) in [5.74, 6) is 0.0875. The van der Waals surface area contributed by atoms with Gasteiger partial charge in [-0.05, 0) is 37.1 Å². The van der Waals surface area contributed by atoms with Crippen LogP contribution in [0.1, 0.15) is 48.2 Å². The van der Waals surface area contributed by atoms with E-state index in [9.17, 15) is 18.0 Å². The van der Waals surface area contributed by atoms with E-state index in [1.807, 2.05) is 0 Å². The third-order valence-electron chi connectivity index (χ3n) is 4.31. The summed E-state index contributed by atoms with van der Waals surface area (Å²) in [5, 5.41) is 5.81. The maximum Gasteiger partial charge on any atom is 0.416 e. The van der Waals surface area contributed by atoms with Gasteiger partial charge in [0.05, 0.1) is 18.0 Å². The van der Waals surface area contributed by atoms with Gasteiger partial charge in [0.25, 0.3) is 5.91 Å². The van der Waals surface area contributed by atoms with E-state index < -0.39 is 11.7 Å². The lowest BCUT2D eigenvalue weighted by atomic mass is 9.95. The number of anilines is 2. The number of hydrogen-bond donors (Lipinski definition) is 2. The molecule has 138 valence electrons. The number of hydrogen-bond acceptors (Lipinski definition) is 4. The van der Waals surface area contributed by atoms with Crippen molar-refractivity contribution in [3.05, 3.63) is 47.9 Å². The van der Waals surface area contributed by atoms with E-state index in [1.54, 1.807) is 0 Å². The Balaban J connectivity index is 1.59. The molecule has 8 heteroatoms. The zero-order valence-electron chi connectivity index (χ0n) is 14.0. The Morgan fingerprint density at radius 3 is 2.27 bits per heavy atom. The molecule has 3 rings (SSSR count). The predicted octanol–water partition coefficient (Wildman–Crippen LogP) is 4.30. The number of aromatic nitrogens is 2. The fraction of sp³-hybridized carbons (Fsp3) is 0.389. The third kappa shape index (κ3) is 4.71. The number of amides is 1. The van der Waals surface area contributed by atoms with E-state index in [1.165, 1.54) is 30.9 Å². The lowest BCUT2D eigenvalue weighted by Crippen LogP contribution is -2.36. The average molecular weight is 364 g/mol. The summed E-state index contributed by atoms with van der Waals surface area (Å²) in [5.41, 5.74) is -0.0517. The van der Waals surface area contributed by atoms with Gasteiger partial charge in [0.2, 0.25) is 0 Å². The van der Waals surface area contributed by atoms with Crippen molar-refractivity contribution in [1.82, 2.24) is 15.3 Å². The minimum Gasteiger partial charge on any atom is -0.348 e. The van der Waals surface area contributed by atoms with E-state index in [4.69, 9.17) is 0 Å². The van der Waals surface area contributed by atoms with Crippen LogP contribution in [0.5, 0.6) is 0 Å². The van der Waals surface area contributed by atoms with Gasteiger partial charge in [-0.1, -0.05) is 19.3 Å². The highest BCUT2D eigenvalue weighted by Gasteiger charge is 2.29. The molecule has 1 aliphatic rings. The van der Waals surface area contributed by atoms with Crippen molar-refractivity contribution in [2.75, 3.05) is 5.32 Å². The summed E-state index contributed by atoms with van der Waals surface area (Å²) in [4.78, 5) is 20.4. The van der Waals surface area contributed by atoms with E-state index in [2.05, 4.69) is 20.6 Å². The number of benzene rings is 1. The molecule has 1 fully saturated rings. The molecule has 2 N–H and O–H groups in total. The normalized spacial score (nSPS) is 15.5. The van der Waals surface area contributed by atoms with Crippen molar-refractivity contribution in [3.63, 3.8) is 0 Å². The van der Waals surface area contributed by atoms with Crippen molar-refractivity contribution in [2.24, 2.45) is 0 Å². The van der Waals surface area contributed by atoms with Crippen LogP contribution in [-0.2, 0) is 6.18 Å². The van der Waals surface area contributed by atoms with Gasteiger partial charge in [-0.2, -0.15) is 13.2 Å². The zero-order chi connectivity index (χ0) is 18.6. The second-order valence-electron chi connectivity index (χ2n) is 6.30. The van der Waals surface area contributed by atoms with Crippen molar-refractivity contribution in [2.45, 2.75) is 44.3 Å². The molecular formula is C18H19F3N4O. The van der Waals surface area contributed by atoms with Crippen LogP contribution in [0, 0.1) is 0 Å². The highest BCUT2D eigenvalue weighted by Crippen LogP contribution is 2.30. The van der Waals surface area contributed by atoms with Gasteiger partial charge in [-0.3, -0.25) is 4.79 Å². The van der Waals surface area contributed by atoms with Crippen LogP contribution < -0.4 is 10.6 Å². The van der Waals surface area contributed by atoms with Crippen LogP contribution >= 0.6 is 0 Å². The minimum absolute atomic E-state index is 0.183. The van der Waals surface area contributed by atoms with Gasteiger partial charge in [0, 0.05) is 11.7 Å². The summed E-state index contributed by atoms with van der Waals surface area (Å²) in [6, 6.07) is 4.79. The first-order chi connectivity index (χ1) is 12.4. The summed E-state index contributed by atoms with van der Waals surface area (Å²) < 4.78 is 37.7. The smallest absolute Gasteiger partial charge is 0.348 e. The Hall–Kier alpha value is -2.64. The molecule has 0 atom stereocenters. The van der Waals surface area contributed by atoms with E-state index >= 15 is 0 Å². The van der Waals surface area contributed by atoms with Crippen molar-refractivity contribution < 1.29 is 18.0 Å². The van der Waals surface area contributed by atoms with E-state index in [0.29, 0.717) is 11.5 Å². The van der Waals surface area contributed by atoms with Gasteiger partial charge in [0.15, 0.2) is 0 Å². The Morgan fingerprint density at radius 1 is 1.00 bits per heavy atom. The number of nitrogens with zero attached hydrogens (tertiary/aromatic N) is 2. The standard InChI is InChI=1S/C18H19F3N4O/c19-18(20,21)12-6-8-14(9-7-12)24-16-11-22-15(10-23-16)17(26)25-13-4-2-1-3-5-13/h6-11,13H,1-5H2,(H,23,24)(H,25,26). The van der Waals surface area contributed by atoms with Crippen molar-refractivity contribution in [1.29, 1.82) is 0 Å². The Bertz CT molecular complexity index is 739. The number of rotatable bonds is 4. The van der Waals surface area contributed by atoms with Gasteiger partial charge < -0.3 is 10.6 Å². The fourth-order valence-electron chi connectivity index (χ4n) is 2.91.